The molecule has 0 aliphatic heterocycles. The number of ether oxygens (including phenoxy) is 1. The molecule has 2 aromatic carbocycles. The van der Waals surface area contributed by atoms with E-state index < -0.39 is 0 Å². The van der Waals surface area contributed by atoms with E-state index in [1.165, 1.54) is 10.5 Å². The highest BCUT2D eigenvalue weighted by Crippen LogP contribution is 2.32. The fourth-order valence-electron chi connectivity index (χ4n) is 2.68. The maximum atomic E-state index is 10.4. The number of hydrogen-bond donors (Lipinski definition) is 1. The van der Waals surface area contributed by atoms with Gasteiger partial charge in [-0.3, -0.25) is 4.90 Å². The van der Waals surface area contributed by atoms with Crippen molar-refractivity contribution in [3.05, 3.63) is 65.7 Å². The summed E-state index contributed by atoms with van der Waals surface area (Å²) in [7, 11) is 3.63. The van der Waals surface area contributed by atoms with Gasteiger partial charge in [-0.2, -0.15) is 0 Å². The van der Waals surface area contributed by atoms with Crippen molar-refractivity contribution in [3.8, 4) is 11.5 Å². The van der Waals surface area contributed by atoms with Gasteiger partial charge in [-0.25, -0.2) is 0 Å². The Morgan fingerprint density at radius 2 is 1.88 bits per heavy atom. The van der Waals surface area contributed by atoms with E-state index in [2.05, 4.69) is 49.0 Å². The normalized spacial score (nSPS) is 10.8. The number of phenols is 1. The number of rotatable bonds is 8. The first-order chi connectivity index (χ1) is 11.6. The van der Waals surface area contributed by atoms with Gasteiger partial charge < -0.3 is 9.84 Å². The molecule has 24 heavy (non-hydrogen) atoms. The van der Waals surface area contributed by atoms with Crippen LogP contribution in [-0.4, -0.2) is 30.4 Å². The fraction of sp³-hybridized carbons (Fsp3) is 0.300. The summed E-state index contributed by atoms with van der Waals surface area (Å²) in [6.45, 7) is 5.25. The molecule has 2 aromatic rings. The van der Waals surface area contributed by atoms with Crippen LogP contribution in [0.4, 0.5) is 0 Å². The summed E-state index contributed by atoms with van der Waals surface area (Å²) in [5.41, 5.74) is 3.21. The Balaban J connectivity index is 2.13. The van der Waals surface area contributed by atoms with E-state index in [4.69, 9.17) is 4.74 Å². The zero-order valence-electron chi connectivity index (χ0n) is 14.6. The molecule has 0 saturated heterocycles. The second kappa shape index (κ2) is 8.81. The van der Waals surface area contributed by atoms with Gasteiger partial charge in [0.2, 0.25) is 0 Å². The smallest absolute Gasteiger partial charge is 0.162 e. The van der Waals surface area contributed by atoms with Crippen LogP contribution in [0.3, 0.4) is 0 Å². The van der Waals surface area contributed by atoms with Crippen molar-refractivity contribution in [2.75, 3.05) is 20.4 Å². The Labute approximate surface area is 149 Å². The van der Waals surface area contributed by atoms with Gasteiger partial charge in [-0.1, -0.05) is 24.3 Å². The largest absolute Gasteiger partial charge is 0.504 e. The third-order valence-corrected chi connectivity index (χ3v) is 4.61. The number of phenolic OH excluding ortho intramolecular Hbond substituents is 1. The molecule has 3 nitrogen and oxygen atoms in total. The highest BCUT2D eigenvalue weighted by molar-refractivity contribution is 7.98. The van der Waals surface area contributed by atoms with Crippen LogP contribution in [0.25, 0.3) is 0 Å². The minimum atomic E-state index is 0.217. The molecule has 0 aromatic heterocycles. The first kappa shape index (κ1) is 18.4. The Kier molecular flexibility index (Phi) is 6.76. The summed E-state index contributed by atoms with van der Waals surface area (Å²) >= 11 is 1.74. The molecule has 1 N–H and O–H groups in total. The van der Waals surface area contributed by atoms with Crippen LogP contribution in [0.5, 0.6) is 11.5 Å². The number of nitrogens with zero attached hydrogens (tertiary/aromatic N) is 1. The highest BCUT2D eigenvalue weighted by atomic mass is 32.2. The van der Waals surface area contributed by atoms with Gasteiger partial charge in [0, 0.05) is 23.5 Å². The van der Waals surface area contributed by atoms with Crippen molar-refractivity contribution >= 4 is 11.8 Å². The van der Waals surface area contributed by atoms with Gasteiger partial charge in [0.1, 0.15) is 0 Å². The fourth-order valence-corrected chi connectivity index (χ4v) is 3.09. The van der Waals surface area contributed by atoms with Crippen LogP contribution in [0.15, 0.2) is 53.9 Å². The molecular weight excluding hydrogens is 318 g/mol. The van der Waals surface area contributed by atoms with E-state index in [-0.39, 0.29) is 5.75 Å². The summed E-state index contributed by atoms with van der Waals surface area (Å²) in [4.78, 5) is 3.45. The van der Waals surface area contributed by atoms with E-state index in [9.17, 15) is 5.11 Å². The van der Waals surface area contributed by atoms with E-state index in [1.807, 2.05) is 18.2 Å². The minimum absolute atomic E-state index is 0.217. The average Bonchev–Trinajstić information content (AvgIpc) is 2.58. The van der Waals surface area contributed by atoms with Gasteiger partial charge >= 0.3 is 0 Å². The lowest BCUT2D eigenvalue weighted by Crippen LogP contribution is -2.17. The van der Waals surface area contributed by atoms with Gasteiger partial charge in [0.05, 0.1) is 7.11 Å². The van der Waals surface area contributed by atoms with Gasteiger partial charge in [-0.05, 0) is 49.1 Å². The van der Waals surface area contributed by atoms with Gasteiger partial charge in [-0.15, -0.1) is 18.3 Å². The van der Waals surface area contributed by atoms with Gasteiger partial charge in [0.25, 0.3) is 0 Å². The lowest BCUT2D eigenvalue weighted by Gasteiger charge is -2.19. The van der Waals surface area contributed by atoms with E-state index in [0.717, 1.165) is 24.1 Å². The van der Waals surface area contributed by atoms with Crippen molar-refractivity contribution in [3.63, 3.8) is 0 Å². The standard InChI is InChI=1S/C20H25NO2S/c1-5-6-16-11-17(20(22)19(12-16)23-3)14-21(2)13-15-7-9-18(24-4)10-8-15/h5,7-12,22H,1,6,13-14H2,2-4H3. The zero-order valence-corrected chi connectivity index (χ0v) is 15.4. The molecule has 0 bridgehead atoms. The molecule has 0 amide bonds. The molecule has 0 aliphatic rings. The SMILES string of the molecule is C=CCc1cc(CN(C)Cc2ccc(SC)cc2)c(O)c(OC)c1. The van der Waals surface area contributed by atoms with Crippen LogP contribution in [-0.2, 0) is 19.5 Å². The number of aromatic hydroxyl groups is 1. The quantitative estimate of drug-likeness (QED) is 0.566. The number of hydrogen-bond acceptors (Lipinski definition) is 4. The van der Waals surface area contributed by atoms with Crippen LogP contribution in [0.1, 0.15) is 16.7 Å². The van der Waals surface area contributed by atoms with Gasteiger partial charge in [0.15, 0.2) is 11.5 Å². The molecule has 128 valence electrons. The monoisotopic (exact) mass is 343 g/mol. The maximum Gasteiger partial charge on any atom is 0.162 e. The highest BCUT2D eigenvalue weighted by Gasteiger charge is 2.12. The topological polar surface area (TPSA) is 32.7 Å². The lowest BCUT2D eigenvalue weighted by atomic mass is 10.1. The van der Waals surface area contributed by atoms with Crippen LogP contribution in [0.2, 0.25) is 0 Å². The van der Waals surface area contributed by atoms with E-state index in [0.29, 0.717) is 12.3 Å². The summed E-state index contributed by atoms with van der Waals surface area (Å²) in [5.74, 6) is 0.733. The molecule has 0 heterocycles. The Morgan fingerprint density at radius 3 is 2.46 bits per heavy atom. The Morgan fingerprint density at radius 1 is 1.17 bits per heavy atom. The second-order valence-electron chi connectivity index (χ2n) is 5.82. The van der Waals surface area contributed by atoms with Crippen molar-refractivity contribution in [2.45, 2.75) is 24.4 Å². The first-order valence-corrected chi connectivity index (χ1v) is 9.11. The molecule has 0 radical (unpaired) electrons. The summed E-state index contributed by atoms with van der Waals surface area (Å²) in [6, 6.07) is 12.5. The Bertz CT molecular complexity index is 683. The summed E-state index contributed by atoms with van der Waals surface area (Å²) in [6.07, 6.45) is 4.68. The van der Waals surface area contributed by atoms with Crippen LogP contribution >= 0.6 is 11.8 Å². The predicted molar refractivity (Wildman–Crippen MR) is 102 cm³/mol. The molecule has 0 saturated carbocycles. The average molecular weight is 343 g/mol. The molecule has 2 rings (SSSR count). The minimum Gasteiger partial charge on any atom is -0.504 e. The third kappa shape index (κ3) is 4.79. The molecule has 0 unspecified atom stereocenters. The van der Waals surface area contributed by atoms with E-state index >= 15 is 0 Å². The molecule has 4 heteroatoms. The Hall–Kier alpha value is -1.91. The summed E-state index contributed by atoms with van der Waals surface area (Å²) in [5, 5.41) is 10.4. The molecule has 0 aliphatic carbocycles. The zero-order chi connectivity index (χ0) is 17.5. The molecular formula is C20H25NO2S. The summed E-state index contributed by atoms with van der Waals surface area (Å²) < 4.78 is 5.29. The van der Waals surface area contributed by atoms with E-state index in [1.54, 1.807) is 18.9 Å². The predicted octanol–water partition coefficient (Wildman–Crippen LogP) is 4.48. The lowest BCUT2D eigenvalue weighted by molar-refractivity contribution is 0.307. The number of allylic oxidation sites excluding steroid dienone is 1. The first-order valence-electron chi connectivity index (χ1n) is 7.88. The second-order valence-corrected chi connectivity index (χ2v) is 6.70. The van der Waals surface area contributed by atoms with Crippen molar-refractivity contribution in [1.29, 1.82) is 0 Å². The van der Waals surface area contributed by atoms with Crippen LogP contribution < -0.4 is 4.74 Å². The molecule has 0 fully saturated rings. The number of methoxy groups -OCH3 is 1. The van der Waals surface area contributed by atoms with Crippen LogP contribution in [0, 0.1) is 0 Å². The van der Waals surface area contributed by atoms with Crippen molar-refractivity contribution in [1.82, 2.24) is 4.90 Å². The van der Waals surface area contributed by atoms with Crippen molar-refractivity contribution < 1.29 is 9.84 Å². The maximum absolute atomic E-state index is 10.4. The molecule has 0 atom stereocenters. The number of benzene rings is 2. The molecule has 0 spiro atoms. The van der Waals surface area contributed by atoms with Crippen molar-refractivity contribution in [2.24, 2.45) is 0 Å². The number of thioether (sulfide) groups is 1. The third-order valence-electron chi connectivity index (χ3n) is 3.87.